The van der Waals surface area contributed by atoms with Gasteiger partial charge in [0.15, 0.2) is 0 Å². The standard InChI is InChI=1S/C28H28Cl4N2O3S2/c29-23-15(17-13-19(17)27(35)33-9-1-2-10-33)5-7-21(25(23)31)38-37-39-22-8-6-16(24(30)26(22)32)18-14-20(18)28(36)34-11-3-4-12-34/h5-8,17-20H,1-4,9-14H2. The molecule has 2 aromatic carbocycles. The van der Waals surface area contributed by atoms with Gasteiger partial charge in [0.25, 0.3) is 0 Å². The van der Waals surface area contributed by atoms with Crippen molar-refractivity contribution in [2.24, 2.45) is 11.8 Å². The van der Waals surface area contributed by atoms with E-state index in [2.05, 4.69) is 0 Å². The van der Waals surface area contributed by atoms with Crippen LogP contribution in [-0.2, 0) is 13.2 Å². The van der Waals surface area contributed by atoms with Crippen LogP contribution in [0.1, 0.15) is 61.5 Å². The third kappa shape index (κ3) is 5.79. The first-order valence-corrected chi connectivity index (χ1v) is 16.4. The average Bonchev–Trinajstić information content (AvgIpc) is 3.75. The third-order valence-corrected chi connectivity index (χ3v) is 11.9. The molecule has 0 radical (unpaired) electrons. The molecule has 0 bridgehead atoms. The molecule has 5 nitrogen and oxygen atoms in total. The Morgan fingerprint density at radius 2 is 1.03 bits per heavy atom. The predicted octanol–water partition coefficient (Wildman–Crippen LogP) is 8.48. The molecule has 39 heavy (non-hydrogen) atoms. The summed E-state index contributed by atoms with van der Waals surface area (Å²) in [6.45, 7) is 3.44. The van der Waals surface area contributed by atoms with Gasteiger partial charge in [0.2, 0.25) is 11.8 Å². The molecular formula is C28H28Cl4N2O3S2. The highest BCUT2D eigenvalue weighted by Crippen LogP contribution is 2.54. The van der Waals surface area contributed by atoms with Gasteiger partial charge in [-0.2, -0.15) is 0 Å². The Kier molecular flexibility index (Phi) is 8.59. The number of halogens is 4. The minimum Gasteiger partial charge on any atom is -0.342 e. The number of benzene rings is 2. The van der Waals surface area contributed by atoms with Crippen molar-refractivity contribution in [3.8, 4) is 0 Å². The molecule has 208 valence electrons. The number of hydrogen-bond acceptors (Lipinski definition) is 5. The fourth-order valence-corrected chi connectivity index (χ4v) is 8.43. The number of hydrogen-bond donors (Lipinski definition) is 0. The lowest BCUT2D eigenvalue weighted by Crippen LogP contribution is -2.29. The summed E-state index contributed by atoms with van der Waals surface area (Å²) in [5, 5.41) is 1.79. The molecule has 0 aromatic heterocycles. The van der Waals surface area contributed by atoms with E-state index in [0.717, 1.165) is 99.9 Å². The van der Waals surface area contributed by atoms with E-state index in [-0.39, 0.29) is 35.5 Å². The molecule has 0 N–H and O–H groups in total. The fourth-order valence-electron chi connectivity index (χ4n) is 5.85. The van der Waals surface area contributed by atoms with E-state index in [1.807, 2.05) is 34.1 Å². The Bertz CT molecular complexity index is 1200. The van der Waals surface area contributed by atoms with Gasteiger partial charge in [0, 0.05) is 62.1 Å². The number of nitrogens with zero attached hydrogens (tertiary/aromatic N) is 2. The van der Waals surface area contributed by atoms with E-state index in [9.17, 15) is 9.59 Å². The van der Waals surface area contributed by atoms with E-state index in [1.165, 1.54) is 0 Å². The predicted molar refractivity (Wildman–Crippen MR) is 159 cm³/mol. The first-order valence-electron chi connectivity index (χ1n) is 13.4. The van der Waals surface area contributed by atoms with Crippen molar-refractivity contribution in [3.05, 3.63) is 55.5 Å². The van der Waals surface area contributed by atoms with Gasteiger partial charge in [-0.05, 0) is 73.6 Å². The molecule has 2 saturated carbocycles. The lowest BCUT2D eigenvalue weighted by Gasteiger charge is -2.16. The summed E-state index contributed by atoms with van der Waals surface area (Å²) in [5.74, 6) is 0.712. The average molecular weight is 646 g/mol. The van der Waals surface area contributed by atoms with Crippen LogP contribution in [0.5, 0.6) is 0 Å². The molecule has 2 aliphatic carbocycles. The van der Waals surface area contributed by atoms with Gasteiger partial charge in [-0.1, -0.05) is 58.5 Å². The van der Waals surface area contributed by atoms with Crippen LogP contribution in [0.25, 0.3) is 0 Å². The second kappa shape index (κ2) is 11.8. The minimum atomic E-state index is 0.00101. The summed E-state index contributed by atoms with van der Waals surface area (Å²) in [6.07, 6.45) is 5.97. The van der Waals surface area contributed by atoms with Crippen LogP contribution in [0.2, 0.25) is 20.1 Å². The topological polar surface area (TPSA) is 49.9 Å². The number of carbonyl (C=O) groups excluding carboxylic acids is 2. The van der Waals surface area contributed by atoms with Crippen LogP contribution in [0.15, 0.2) is 34.1 Å². The van der Waals surface area contributed by atoms with Crippen LogP contribution < -0.4 is 0 Å². The summed E-state index contributed by atoms with van der Waals surface area (Å²) in [5.41, 5.74) is 1.84. The molecule has 4 aliphatic rings. The van der Waals surface area contributed by atoms with Crippen LogP contribution in [0.4, 0.5) is 0 Å². The number of carbonyl (C=O) groups is 2. The highest BCUT2D eigenvalue weighted by atomic mass is 35.5. The Morgan fingerprint density at radius 1 is 0.641 bits per heavy atom. The lowest BCUT2D eigenvalue weighted by molar-refractivity contribution is -0.132. The lowest BCUT2D eigenvalue weighted by atomic mass is 10.1. The Morgan fingerprint density at radius 3 is 1.41 bits per heavy atom. The largest absolute Gasteiger partial charge is 0.342 e. The fraction of sp³-hybridized carbons (Fsp3) is 0.500. The zero-order valence-corrected chi connectivity index (χ0v) is 25.8. The molecule has 2 amide bonds. The van der Waals surface area contributed by atoms with Crippen molar-refractivity contribution in [1.29, 1.82) is 0 Å². The van der Waals surface area contributed by atoms with Crippen molar-refractivity contribution in [3.63, 3.8) is 0 Å². The second-order valence-corrected chi connectivity index (χ2v) is 14.0. The van der Waals surface area contributed by atoms with Gasteiger partial charge >= 0.3 is 0 Å². The van der Waals surface area contributed by atoms with Gasteiger partial charge in [-0.25, -0.2) is 3.63 Å². The zero-order valence-electron chi connectivity index (χ0n) is 21.1. The minimum absolute atomic E-state index is 0.00101. The summed E-state index contributed by atoms with van der Waals surface area (Å²) in [7, 11) is 0. The molecule has 4 atom stereocenters. The van der Waals surface area contributed by atoms with Gasteiger partial charge in [0.05, 0.1) is 29.9 Å². The normalized spacial score (nSPS) is 25.8. The summed E-state index contributed by atoms with van der Waals surface area (Å²) >= 11 is 28.7. The van der Waals surface area contributed by atoms with Crippen molar-refractivity contribution in [2.75, 3.05) is 26.2 Å². The third-order valence-electron chi connectivity index (χ3n) is 8.25. The first-order chi connectivity index (χ1) is 18.8. The first kappa shape index (κ1) is 28.3. The van der Waals surface area contributed by atoms with E-state index >= 15 is 0 Å². The van der Waals surface area contributed by atoms with E-state index < -0.39 is 0 Å². The van der Waals surface area contributed by atoms with Crippen LogP contribution >= 0.6 is 70.5 Å². The SMILES string of the molecule is O=C(C1CC1c1ccc(SOSc2ccc(C3CC3C(=O)N3CCCC3)c(Cl)c2Cl)c(Cl)c1Cl)N1CCCC1. The molecular weight excluding hydrogens is 618 g/mol. The van der Waals surface area contributed by atoms with E-state index in [0.29, 0.717) is 29.9 Å². The number of rotatable bonds is 8. The van der Waals surface area contributed by atoms with E-state index in [4.69, 9.17) is 50.0 Å². The second-order valence-electron chi connectivity index (χ2n) is 10.8. The van der Waals surface area contributed by atoms with Crippen LogP contribution in [0, 0.1) is 11.8 Å². The molecule has 0 spiro atoms. The number of amides is 2. The zero-order chi connectivity index (χ0) is 27.3. The van der Waals surface area contributed by atoms with Crippen molar-refractivity contribution >= 4 is 82.3 Å². The van der Waals surface area contributed by atoms with Gasteiger partial charge in [-0.3, -0.25) is 9.59 Å². The molecule has 4 fully saturated rings. The molecule has 2 saturated heterocycles. The maximum absolute atomic E-state index is 12.7. The molecule has 2 aliphatic heterocycles. The molecule has 2 heterocycles. The maximum Gasteiger partial charge on any atom is 0.226 e. The molecule has 11 heteroatoms. The summed E-state index contributed by atoms with van der Waals surface area (Å²) in [4.78, 5) is 30.8. The quantitative estimate of drug-likeness (QED) is 0.270. The highest BCUT2D eigenvalue weighted by Gasteiger charge is 2.48. The number of likely N-dealkylation sites (tertiary alicyclic amines) is 2. The van der Waals surface area contributed by atoms with Crippen LogP contribution in [0.3, 0.4) is 0 Å². The summed E-state index contributed by atoms with van der Waals surface area (Å²) in [6, 6.07) is 7.65. The Labute approximate surface area is 257 Å². The monoisotopic (exact) mass is 644 g/mol. The Balaban J connectivity index is 1.05. The molecule has 4 unspecified atom stereocenters. The van der Waals surface area contributed by atoms with Crippen molar-refractivity contribution in [1.82, 2.24) is 9.80 Å². The van der Waals surface area contributed by atoms with Gasteiger partial charge in [0.1, 0.15) is 0 Å². The smallest absolute Gasteiger partial charge is 0.226 e. The van der Waals surface area contributed by atoms with Crippen LogP contribution in [-0.4, -0.2) is 47.8 Å². The molecule has 2 aromatic rings. The maximum atomic E-state index is 12.7. The molecule has 6 rings (SSSR count). The van der Waals surface area contributed by atoms with Gasteiger partial charge in [-0.15, -0.1) is 0 Å². The van der Waals surface area contributed by atoms with Gasteiger partial charge < -0.3 is 9.80 Å². The summed E-state index contributed by atoms with van der Waals surface area (Å²) < 4.78 is 5.79. The Hall–Kier alpha value is -0.800. The highest BCUT2D eigenvalue weighted by molar-refractivity contribution is 8.08. The van der Waals surface area contributed by atoms with E-state index in [1.54, 1.807) is 0 Å². The van der Waals surface area contributed by atoms with Crippen molar-refractivity contribution in [2.45, 2.75) is 60.2 Å². The van der Waals surface area contributed by atoms with Crippen molar-refractivity contribution < 1.29 is 13.2 Å².